The fraction of sp³-hybridized carbons (Fsp3) is 0.692. The largest absolute Gasteiger partial charge is 0.356 e. The summed E-state index contributed by atoms with van der Waals surface area (Å²) < 4.78 is 1.00. The molecule has 1 aromatic heterocycles. The van der Waals surface area contributed by atoms with Crippen LogP contribution in [0.2, 0.25) is 0 Å². The van der Waals surface area contributed by atoms with E-state index >= 15 is 0 Å². The minimum absolute atomic E-state index is 0.565. The predicted octanol–water partition coefficient (Wildman–Crippen LogP) is 3.65. The zero-order valence-corrected chi connectivity index (χ0v) is 12.2. The maximum Gasteiger partial charge on any atom is 0.146 e. The van der Waals surface area contributed by atoms with Gasteiger partial charge in [-0.3, -0.25) is 0 Å². The smallest absolute Gasteiger partial charge is 0.146 e. The van der Waals surface area contributed by atoms with Gasteiger partial charge >= 0.3 is 0 Å². The summed E-state index contributed by atoms with van der Waals surface area (Å²) in [6.07, 6.45) is 8.59. The van der Waals surface area contributed by atoms with Gasteiger partial charge in [-0.1, -0.05) is 26.7 Å². The maximum absolute atomic E-state index is 4.37. The third-order valence-corrected chi connectivity index (χ3v) is 4.83. The lowest BCUT2D eigenvalue weighted by atomic mass is 9.74. The van der Waals surface area contributed by atoms with Gasteiger partial charge in [-0.15, -0.1) is 0 Å². The number of rotatable bonds is 3. The lowest BCUT2D eigenvalue weighted by Crippen LogP contribution is -2.40. The number of piperidine rings is 1. The molecule has 2 heterocycles. The van der Waals surface area contributed by atoms with E-state index in [-0.39, 0.29) is 0 Å². The second-order valence-electron chi connectivity index (χ2n) is 4.89. The van der Waals surface area contributed by atoms with Crippen LogP contribution in [0.4, 0.5) is 5.82 Å². The first-order valence-electron chi connectivity index (χ1n) is 6.41. The Morgan fingerprint density at radius 2 is 1.94 bits per heavy atom. The molecule has 1 saturated heterocycles. The monoisotopic (exact) mass is 297 g/mol. The molecule has 0 N–H and O–H groups in total. The minimum atomic E-state index is 0.565. The Balaban J connectivity index is 2.07. The van der Waals surface area contributed by atoms with E-state index in [1.165, 1.54) is 25.7 Å². The van der Waals surface area contributed by atoms with Gasteiger partial charge in [-0.2, -0.15) is 0 Å². The Morgan fingerprint density at radius 3 is 2.47 bits per heavy atom. The third kappa shape index (κ3) is 2.62. The van der Waals surface area contributed by atoms with E-state index in [0.717, 1.165) is 23.4 Å². The molecule has 0 unspecified atom stereocenters. The van der Waals surface area contributed by atoms with Crippen LogP contribution in [-0.4, -0.2) is 23.1 Å². The quantitative estimate of drug-likeness (QED) is 0.853. The summed E-state index contributed by atoms with van der Waals surface area (Å²) in [6, 6.07) is 0. The molecule has 0 aromatic carbocycles. The van der Waals surface area contributed by atoms with Gasteiger partial charge < -0.3 is 4.90 Å². The van der Waals surface area contributed by atoms with Crippen LogP contribution < -0.4 is 4.90 Å². The van der Waals surface area contributed by atoms with Crippen LogP contribution in [0.25, 0.3) is 0 Å². The van der Waals surface area contributed by atoms with Gasteiger partial charge in [0.25, 0.3) is 0 Å². The SMILES string of the molecule is CCC1(CC)CCN(c2ncncc2Br)CC1. The number of anilines is 1. The Morgan fingerprint density at radius 1 is 1.29 bits per heavy atom. The summed E-state index contributed by atoms with van der Waals surface area (Å²) in [4.78, 5) is 10.8. The maximum atomic E-state index is 4.37. The van der Waals surface area contributed by atoms with Crippen LogP contribution in [0.3, 0.4) is 0 Å². The second kappa shape index (κ2) is 5.34. The molecule has 1 aliphatic rings. The van der Waals surface area contributed by atoms with Crippen LogP contribution in [-0.2, 0) is 0 Å². The van der Waals surface area contributed by atoms with Crippen molar-refractivity contribution in [2.24, 2.45) is 5.41 Å². The molecule has 0 atom stereocenters. The standard InChI is InChI=1S/C13H20BrN3/c1-3-13(4-2)5-7-17(8-6-13)12-11(14)9-15-10-16-12/h9-10H,3-8H2,1-2H3. The summed E-state index contributed by atoms with van der Waals surface area (Å²) in [5.74, 6) is 1.04. The van der Waals surface area contributed by atoms with Crippen molar-refractivity contribution in [1.82, 2.24) is 9.97 Å². The van der Waals surface area contributed by atoms with E-state index in [1.54, 1.807) is 6.33 Å². The molecule has 1 aromatic rings. The molecular weight excluding hydrogens is 278 g/mol. The fourth-order valence-corrected chi connectivity index (χ4v) is 3.16. The first-order valence-corrected chi connectivity index (χ1v) is 7.20. The Labute approximate surface area is 112 Å². The number of nitrogens with zero attached hydrogens (tertiary/aromatic N) is 3. The van der Waals surface area contributed by atoms with E-state index in [1.807, 2.05) is 6.20 Å². The van der Waals surface area contributed by atoms with Crippen molar-refractivity contribution in [1.29, 1.82) is 0 Å². The molecule has 1 aliphatic heterocycles. The van der Waals surface area contributed by atoms with Gasteiger partial charge in [-0.25, -0.2) is 9.97 Å². The van der Waals surface area contributed by atoms with Crippen molar-refractivity contribution in [3.63, 3.8) is 0 Å². The van der Waals surface area contributed by atoms with Crippen molar-refractivity contribution in [3.8, 4) is 0 Å². The van der Waals surface area contributed by atoms with Gasteiger partial charge in [0.05, 0.1) is 4.47 Å². The van der Waals surface area contributed by atoms with Crippen molar-refractivity contribution in [2.75, 3.05) is 18.0 Å². The molecule has 0 spiro atoms. The topological polar surface area (TPSA) is 29.0 Å². The van der Waals surface area contributed by atoms with Gasteiger partial charge in [-0.05, 0) is 34.2 Å². The van der Waals surface area contributed by atoms with Crippen molar-refractivity contribution in [3.05, 3.63) is 17.0 Å². The molecule has 2 rings (SSSR count). The molecule has 94 valence electrons. The van der Waals surface area contributed by atoms with Gasteiger partial charge in [0, 0.05) is 19.3 Å². The molecule has 17 heavy (non-hydrogen) atoms. The first kappa shape index (κ1) is 12.8. The van der Waals surface area contributed by atoms with Gasteiger partial charge in [0.2, 0.25) is 0 Å². The predicted molar refractivity (Wildman–Crippen MR) is 74.2 cm³/mol. The highest BCUT2D eigenvalue weighted by molar-refractivity contribution is 9.10. The molecule has 1 fully saturated rings. The molecule has 0 amide bonds. The van der Waals surface area contributed by atoms with E-state index in [9.17, 15) is 0 Å². The minimum Gasteiger partial charge on any atom is -0.356 e. The number of hydrogen-bond donors (Lipinski definition) is 0. The molecule has 0 bridgehead atoms. The fourth-order valence-electron chi connectivity index (χ4n) is 2.69. The first-order chi connectivity index (χ1) is 8.21. The Hall–Kier alpha value is -0.640. The molecule has 4 heteroatoms. The summed E-state index contributed by atoms with van der Waals surface area (Å²) in [5, 5.41) is 0. The highest BCUT2D eigenvalue weighted by Gasteiger charge is 2.31. The Bertz CT molecular complexity index is 367. The van der Waals surface area contributed by atoms with E-state index in [4.69, 9.17) is 0 Å². The van der Waals surface area contributed by atoms with Crippen LogP contribution >= 0.6 is 15.9 Å². The van der Waals surface area contributed by atoms with Crippen LogP contribution in [0.15, 0.2) is 17.0 Å². The number of halogens is 1. The zero-order valence-electron chi connectivity index (χ0n) is 10.6. The summed E-state index contributed by atoms with van der Waals surface area (Å²) in [6.45, 7) is 6.86. The summed E-state index contributed by atoms with van der Waals surface area (Å²) >= 11 is 3.53. The highest BCUT2D eigenvalue weighted by Crippen LogP contribution is 2.39. The van der Waals surface area contributed by atoms with Crippen LogP contribution in [0, 0.1) is 5.41 Å². The molecule has 0 radical (unpaired) electrons. The lowest BCUT2D eigenvalue weighted by Gasteiger charge is -2.41. The van der Waals surface area contributed by atoms with Crippen LogP contribution in [0.5, 0.6) is 0 Å². The van der Waals surface area contributed by atoms with Crippen molar-refractivity contribution < 1.29 is 0 Å². The van der Waals surface area contributed by atoms with Crippen LogP contribution in [0.1, 0.15) is 39.5 Å². The van der Waals surface area contributed by atoms with Gasteiger partial charge in [0.1, 0.15) is 12.1 Å². The van der Waals surface area contributed by atoms with E-state index in [0.29, 0.717) is 5.41 Å². The Kier molecular flexibility index (Phi) is 4.02. The van der Waals surface area contributed by atoms with E-state index < -0.39 is 0 Å². The summed E-state index contributed by atoms with van der Waals surface area (Å²) in [7, 11) is 0. The lowest BCUT2D eigenvalue weighted by molar-refractivity contribution is 0.199. The number of hydrogen-bond acceptors (Lipinski definition) is 3. The molecule has 0 aliphatic carbocycles. The van der Waals surface area contributed by atoms with Gasteiger partial charge in [0.15, 0.2) is 0 Å². The third-order valence-electron chi connectivity index (χ3n) is 4.27. The average molecular weight is 298 g/mol. The highest BCUT2D eigenvalue weighted by atomic mass is 79.9. The zero-order chi connectivity index (χ0) is 12.3. The number of aromatic nitrogens is 2. The normalized spacial score (nSPS) is 19.4. The van der Waals surface area contributed by atoms with Crippen molar-refractivity contribution in [2.45, 2.75) is 39.5 Å². The summed E-state index contributed by atoms with van der Waals surface area (Å²) in [5.41, 5.74) is 0.565. The molecule has 0 saturated carbocycles. The molecule has 3 nitrogen and oxygen atoms in total. The van der Waals surface area contributed by atoms with E-state index in [2.05, 4.69) is 44.6 Å². The van der Waals surface area contributed by atoms with Crippen molar-refractivity contribution >= 4 is 21.7 Å². The molecular formula is C13H20BrN3. The second-order valence-corrected chi connectivity index (χ2v) is 5.74. The average Bonchev–Trinajstić information content (AvgIpc) is 2.40.